The zero-order chi connectivity index (χ0) is 17.9. The molecular formula is C19H37NO4. The van der Waals surface area contributed by atoms with Gasteiger partial charge in [0.2, 0.25) is 0 Å². The third-order valence-corrected chi connectivity index (χ3v) is 3.29. The second-order valence-corrected chi connectivity index (χ2v) is 6.08. The number of nitrogens with one attached hydrogen (secondary N) is 1. The number of hydrogen-bond acceptors (Lipinski definition) is 5. The highest BCUT2D eigenvalue weighted by Gasteiger charge is 1.97. The molecular weight excluding hydrogens is 306 g/mol. The van der Waals surface area contributed by atoms with Gasteiger partial charge in [0.15, 0.2) is 0 Å². The molecule has 0 aliphatic rings. The zero-order valence-electron chi connectivity index (χ0n) is 16.1. The second-order valence-electron chi connectivity index (χ2n) is 6.08. The normalized spacial score (nSPS) is 12.2. The summed E-state index contributed by atoms with van der Waals surface area (Å²) in [5.74, 6) is 7.14. The third kappa shape index (κ3) is 19.4. The van der Waals surface area contributed by atoms with Crippen molar-refractivity contribution >= 4 is 0 Å². The summed E-state index contributed by atoms with van der Waals surface area (Å²) in [5, 5.41) is 3.38. The van der Waals surface area contributed by atoms with Gasteiger partial charge in [0.05, 0.1) is 46.2 Å². The van der Waals surface area contributed by atoms with Gasteiger partial charge in [0.1, 0.15) is 6.61 Å². The molecule has 0 amide bonds. The number of hydrogen-bond donors (Lipinski definition) is 1. The van der Waals surface area contributed by atoms with Crippen LogP contribution in [0.4, 0.5) is 0 Å². The molecule has 0 spiro atoms. The van der Waals surface area contributed by atoms with Gasteiger partial charge in [-0.3, -0.25) is 0 Å². The molecule has 0 saturated heterocycles. The summed E-state index contributed by atoms with van der Waals surface area (Å²) in [4.78, 5) is 0. The van der Waals surface area contributed by atoms with E-state index in [2.05, 4.69) is 44.9 Å². The number of ether oxygens (including phenoxy) is 4. The minimum absolute atomic E-state index is 0.395. The summed E-state index contributed by atoms with van der Waals surface area (Å²) >= 11 is 0. The van der Waals surface area contributed by atoms with Crippen LogP contribution in [0.15, 0.2) is 0 Å². The maximum atomic E-state index is 5.49. The molecule has 0 fully saturated rings. The van der Waals surface area contributed by atoms with E-state index in [4.69, 9.17) is 18.9 Å². The molecule has 0 bridgehead atoms. The fraction of sp³-hybridized carbons (Fsp3) is 0.895. The van der Waals surface area contributed by atoms with E-state index in [9.17, 15) is 0 Å². The SMILES string of the molecule is CCC(C)CNCCOCCOCCOCCOCC#CC(C)C. The first-order chi connectivity index (χ1) is 11.7. The Kier molecular flexibility index (Phi) is 18.2. The monoisotopic (exact) mass is 343 g/mol. The van der Waals surface area contributed by atoms with Crippen molar-refractivity contribution in [3.8, 4) is 11.8 Å². The fourth-order valence-corrected chi connectivity index (χ4v) is 1.67. The Morgan fingerprint density at radius 1 is 0.792 bits per heavy atom. The van der Waals surface area contributed by atoms with Crippen LogP contribution in [0.5, 0.6) is 0 Å². The molecule has 0 radical (unpaired) electrons. The summed E-state index contributed by atoms with van der Waals surface area (Å²) in [6.45, 7) is 15.3. The molecule has 0 rings (SSSR count). The molecule has 0 aromatic rings. The van der Waals surface area contributed by atoms with Crippen LogP contribution in [-0.2, 0) is 18.9 Å². The highest BCUT2D eigenvalue weighted by molar-refractivity contribution is 5.01. The van der Waals surface area contributed by atoms with Crippen LogP contribution in [0.3, 0.4) is 0 Å². The van der Waals surface area contributed by atoms with E-state index < -0.39 is 0 Å². The Morgan fingerprint density at radius 2 is 1.33 bits per heavy atom. The van der Waals surface area contributed by atoms with E-state index in [1.54, 1.807) is 0 Å². The molecule has 0 saturated carbocycles. The summed E-state index contributed by atoms with van der Waals surface area (Å²) < 4.78 is 21.7. The zero-order valence-corrected chi connectivity index (χ0v) is 16.1. The van der Waals surface area contributed by atoms with Gasteiger partial charge in [0.25, 0.3) is 0 Å². The topological polar surface area (TPSA) is 49.0 Å². The molecule has 0 aliphatic carbocycles. The van der Waals surface area contributed by atoms with Gasteiger partial charge in [-0.2, -0.15) is 0 Å². The van der Waals surface area contributed by atoms with Gasteiger partial charge >= 0.3 is 0 Å². The first kappa shape index (κ1) is 23.4. The average Bonchev–Trinajstić information content (AvgIpc) is 2.57. The van der Waals surface area contributed by atoms with Gasteiger partial charge < -0.3 is 24.3 Å². The first-order valence-corrected chi connectivity index (χ1v) is 9.16. The lowest BCUT2D eigenvalue weighted by Crippen LogP contribution is -2.25. The Labute approximate surface area is 148 Å². The first-order valence-electron chi connectivity index (χ1n) is 9.16. The van der Waals surface area contributed by atoms with Crippen LogP contribution in [0.2, 0.25) is 0 Å². The maximum Gasteiger partial charge on any atom is 0.107 e. The highest BCUT2D eigenvalue weighted by atomic mass is 16.6. The van der Waals surface area contributed by atoms with Crippen molar-refractivity contribution in [1.82, 2.24) is 5.32 Å². The van der Waals surface area contributed by atoms with Crippen LogP contribution >= 0.6 is 0 Å². The maximum absolute atomic E-state index is 5.49. The quantitative estimate of drug-likeness (QED) is 0.344. The van der Waals surface area contributed by atoms with E-state index in [0.29, 0.717) is 52.2 Å². The molecule has 1 N–H and O–H groups in total. The van der Waals surface area contributed by atoms with Crippen molar-refractivity contribution < 1.29 is 18.9 Å². The molecule has 0 aromatic carbocycles. The molecule has 0 aliphatic heterocycles. The van der Waals surface area contributed by atoms with Gasteiger partial charge in [-0.25, -0.2) is 0 Å². The van der Waals surface area contributed by atoms with Crippen molar-refractivity contribution in [2.75, 3.05) is 65.9 Å². The predicted octanol–water partition coefficient (Wildman–Crippen LogP) is 2.35. The van der Waals surface area contributed by atoms with Crippen LogP contribution in [0.1, 0.15) is 34.1 Å². The number of rotatable bonds is 16. The predicted molar refractivity (Wildman–Crippen MR) is 98.2 cm³/mol. The minimum atomic E-state index is 0.395. The van der Waals surface area contributed by atoms with Gasteiger partial charge in [-0.05, 0) is 12.5 Å². The Balaban J connectivity index is 3.07. The average molecular weight is 344 g/mol. The van der Waals surface area contributed by atoms with Crippen LogP contribution in [0, 0.1) is 23.7 Å². The van der Waals surface area contributed by atoms with Crippen molar-refractivity contribution in [2.24, 2.45) is 11.8 Å². The molecule has 0 aromatic heterocycles. The van der Waals surface area contributed by atoms with Crippen molar-refractivity contribution in [2.45, 2.75) is 34.1 Å². The lowest BCUT2D eigenvalue weighted by atomic mass is 10.1. The van der Waals surface area contributed by atoms with Gasteiger partial charge in [0, 0.05) is 12.5 Å². The van der Waals surface area contributed by atoms with Crippen molar-refractivity contribution in [1.29, 1.82) is 0 Å². The summed E-state index contributed by atoms with van der Waals surface area (Å²) in [5.41, 5.74) is 0. The molecule has 24 heavy (non-hydrogen) atoms. The smallest absolute Gasteiger partial charge is 0.107 e. The summed E-state index contributed by atoms with van der Waals surface area (Å²) in [6, 6.07) is 0. The Bertz CT molecular complexity index is 312. The van der Waals surface area contributed by atoms with E-state index in [-0.39, 0.29) is 0 Å². The van der Waals surface area contributed by atoms with Crippen LogP contribution in [-0.4, -0.2) is 65.9 Å². The lowest BCUT2D eigenvalue weighted by Gasteiger charge is -2.10. The third-order valence-electron chi connectivity index (χ3n) is 3.29. The van der Waals surface area contributed by atoms with E-state index in [1.165, 1.54) is 6.42 Å². The van der Waals surface area contributed by atoms with Crippen LogP contribution < -0.4 is 5.32 Å². The highest BCUT2D eigenvalue weighted by Crippen LogP contribution is 1.96. The standard InChI is InChI=1S/C19H37NO4/c1-5-19(4)17-20-8-10-22-12-14-24-16-15-23-13-11-21-9-6-7-18(2)3/h18-20H,5,8-17H2,1-4H3. The summed E-state index contributed by atoms with van der Waals surface area (Å²) in [6.07, 6.45) is 1.21. The molecule has 142 valence electrons. The van der Waals surface area contributed by atoms with Gasteiger partial charge in [-0.1, -0.05) is 46.0 Å². The van der Waals surface area contributed by atoms with Crippen LogP contribution in [0.25, 0.3) is 0 Å². The second kappa shape index (κ2) is 18.7. The fourth-order valence-electron chi connectivity index (χ4n) is 1.67. The van der Waals surface area contributed by atoms with E-state index >= 15 is 0 Å². The molecule has 0 heterocycles. The Hall–Kier alpha value is -0.640. The summed E-state index contributed by atoms with van der Waals surface area (Å²) in [7, 11) is 0. The van der Waals surface area contributed by atoms with Gasteiger partial charge in [-0.15, -0.1) is 0 Å². The molecule has 5 heteroatoms. The Morgan fingerprint density at radius 3 is 1.88 bits per heavy atom. The lowest BCUT2D eigenvalue weighted by molar-refractivity contribution is 0.00166. The van der Waals surface area contributed by atoms with E-state index in [0.717, 1.165) is 25.6 Å². The van der Waals surface area contributed by atoms with E-state index in [1.807, 2.05) is 0 Å². The molecule has 1 unspecified atom stereocenters. The largest absolute Gasteiger partial charge is 0.378 e. The molecule has 1 atom stereocenters. The van der Waals surface area contributed by atoms with Crippen molar-refractivity contribution in [3.63, 3.8) is 0 Å². The van der Waals surface area contributed by atoms with Crippen molar-refractivity contribution in [3.05, 3.63) is 0 Å². The molecule has 5 nitrogen and oxygen atoms in total. The minimum Gasteiger partial charge on any atom is -0.378 e.